The second-order valence-corrected chi connectivity index (χ2v) is 4.53. The number of nitrogens with one attached hydrogen (secondary N) is 1. The minimum atomic E-state index is -0.860. The highest BCUT2D eigenvalue weighted by Gasteiger charge is 2.10. The normalized spacial score (nSPS) is 10.2. The van der Waals surface area contributed by atoms with Gasteiger partial charge in [0, 0.05) is 5.69 Å². The molecule has 0 aliphatic heterocycles. The number of hydrogen-bond acceptors (Lipinski definition) is 2. The first-order chi connectivity index (χ1) is 9.45. The van der Waals surface area contributed by atoms with Gasteiger partial charge < -0.3 is 4.74 Å². The lowest BCUT2D eigenvalue weighted by Gasteiger charge is -2.08. The molecule has 0 bridgehead atoms. The highest BCUT2D eigenvalue weighted by atomic mass is 35.5. The Bertz CT molecular complexity index is 665. The molecule has 1 N–H and O–H groups in total. The van der Waals surface area contributed by atoms with Gasteiger partial charge in [-0.3, -0.25) is 5.32 Å². The molecule has 0 radical (unpaired) electrons. The van der Waals surface area contributed by atoms with Crippen LogP contribution in [-0.4, -0.2) is 6.09 Å². The molecule has 0 aliphatic rings. The quantitative estimate of drug-likeness (QED) is 0.857. The van der Waals surface area contributed by atoms with E-state index in [1.54, 1.807) is 0 Å². The minimum Gasteiger partial charge on any atom is -0.408 e. The lowest BCUT2D eigenvalue weighted by atomic mass is 10.3. The maximum atomic E-state index is 12.9. The van der Waals surface area contributed by atoms with Crippen molar-refractivity contribution in [2.75, 3.05) is 5.32 Å². The van der Waals surface area contributed by atoms with Crippen LogP contribution in [0.2, 0.25) is 10.0 Å². The number of rotatable bonds is 2. The summed E-state index contributed by atoms with van der Waals surface area (Å²) in [5, 5.41) is 2.15. The van der Waals surface area contributed by atoms with E-state index in [4.69, 9.17) is 27.9 Å². The fourth-order valence-electron chi connectivity index (χ4n) is 1.38. The number of halogens is 4. The van der Waals surface area contributed by atoms with Gasteiger partial charge in [0.2, 0.25) is 0 Å². The number of hydrogen-bond donors (Lipinski definition) is 1. The van der Waals surface area contributed by atoms with Gasteiger partial charge in [0.15, 0.2) is 5.75 Å². The number of benzene rings is 2. The molecular formula is C13H7Cl2F2NO2. The SMILES string of the molecule is O=C(Nc1ccc(F)c(Cl)c1)Oc1ccc(F)cc1Cl. The summed E-state index contributed by atoms with van der Waals surface area (Å²) in [6.07, 6.45) is -0.860. The zero-order valence-electron chi connectivity index (χ0n) is 9.79. The molecule has 2 rings (SSSR count). The second kappa shape index (κ2) is 6.07. The van der Waals surface area contributed by atoms with Crippen molar-refractivity contribution in [1.82, 2.24) is 0 Å². The van der Waals surface area contributed by atoms with Crippen LogP contribution in [-0.2, 0) is 0 Å². The third kappa shape index (κ3) is 3.59. The molecule has 0 saturated carbocycles. The van der Waals surface area contributed by atoms with E-state index in [1.807, 2.05) is 0 Å². The van der Waals surface area contributed by atoms with E-state index in [-0.39, 0.29) is 21.5 Å². The van der Waals surface area contributed by atoms with Gasteiger partial charge in [-0.05, 0) is 36.4 Å². The average molecular weight is 318 g/mol. The molecular weight excluding hydrogens is 311 g/mol. The summed E-state index contributed by atoms with van der Waals surface area (Å²) < 4.78 is 30.7. The van der Waals surface area contributed by atoms with Gasteiger partial charge in [-0.25, -0.2) is 13.6 Å². The van der Waals surface area contributed by atoms with E-state index in [2.05, 4.69) is 5.32 Å². The molecule has 1 amide bonds. The third-order valence-electron chi connectivity index (χ3n) is 2.26. The molecule has 0 heterocycles. The molecule has 2 aromatic rings. The maximum absolute atomic E-state index is 12.9. The number of carbonyl (C=O) groups excluding carboxylic acids is 1. The Kier molecular flexibility index (Phi) is 4.42. The van der Waals surface area contributed by atoms with Crippen molar-refractivity contribution in [1.29, 1.82) is 0 Å². The predicted molar refractivity (Wildman–Crippen MR) is 72.5 cm³/mol. The molecule has 0 saturated heterocycles. The average Bonchev–Trinajstić information content (AvgIpc) is 2.37. The van der Waals surface area contributed by atoms with Gasteiger partial charge in [-0.15, -0.1) is 0 Å². The Morgan fingerprint density at radius 2 is 1.80 bits per heavy atom. The summed E-state index contributed by atoms with van der Waals surface area (Å²) >= 11 is 11.3. The Morgan fingerprint density at radius 1 is 1.05 bits per heavy atom. The number of anilines is 1. The summed E-state index contributed by atoms with van der Waals surface area (Å²) in [6, 6.07) is 6.97. The van der Waals surface area contributed by atoms with E-state index in [9.17, 15) is 13.6 Å². The van der Waals surface area contributed by atoms with Crippen molar-refractivity contribution in [3.8, 4) is 5.75 Å². The summed E-state index contributed by atoms with van der Waals surface area (Å²) in [4.78, 5) is 11.6. The molecule has 7 heteroatoms. The van der Waals surface area contributed by atoms with Gasteiger partial charge in [-0.1, -0.05) is 23.2 Å². The molecule has 0 fully saturated rings. The van der Waals surface area contributed by atoms with Crippen molar-refractivity contribution in [3.63, 3.8) is 0 Å². The fraction of sp³-hybridized carbons (Fsp3) is 0. The minimum absolute atomic E-state index is 0.00113. The van der Waals surface area contributed by atoms with Crippen LogP contribution in [0.5, 0.6) is 5.75 Å². The van der Waals surface area contributed by atoms with Crippen LogP contribution in [0.4, 0.5) is 19.3 Å². The lowest BCUT2D eigenvalue weighted by Crippen LogP contribution is -2.17. The van der Waals surface area contributed by atoms with E-state index < -0.39 is 17.7 Å². The standard InChI is InChI=1S/C13H7Cl2F2NO2/c14-9-6-8(2-3-11(9)17)18-13(19)20-12-4-1-7(16)5-10(12)15/h1-6H,(H,18,19). The lowest BCUT2D eigenvalue weighted by molar-refractivity contribution is 0.215. The zero-order chi connectivity index (χ0) is 14.7. The Balaban J connectivity index is 2.07. The Hall–Kier alpha value is -1.85. The van der Waals surface area contributed by atoms with Gasteiger partial charge in [0.05, 0.1) is 10.0 Å². The van der Waals surface area contributed by atoms with E-state index in [1.165, 1.54) is 18.2 Å². The monoisotopic (exact) mass is 317 g/mol. The van der Waals surface area contributed by atoms with E-state index in [0.29, 0.717) is 0 Å². The molecule has 20 heavy (non-hydrogen) atoms. The first-order valence-electron chi connectivity index (χ1n) is 5.34. The topological polar surface area (TPSA) is 38.3 Å². The van der Waals surface area contributed by atoms with Crippen LogP contribution in [0.1, 0.15) is 0 Å². The van der Waals surface area contributed by atoms with E-state index in [0.717, 1.165) is 18.2 Å². The number of ether oxygens (including phenoxy) is 1. The molecule has 0 aromatic heterocycles. The van der Waals surface area contributed by atoms with Gasteiger partial charge in [0.25, 0.3) is 0 Å². The molecule has 104 valence electrons. The Labute approximate surface area is 123 Å². The summed E-state index contributed by atoms with van der Waals surface area (Å²) in [6.45, 7) is 0. The molecule has 3 nitrogen and oxygen atoms in total. The van der Waals surface area contributed by atoms with Crippen LogP contribution < -0.4 is 10.1 Å². The predicted octanol–water partition coefficient (Wildman–Crippen LogP) is 4.88. The summed E-state index contributed by atoms with van der Waals surface area (Å²) in [7, 11) is 0. The first kappa shape index (κ1) is 14.6. The largest absolute Gasteiger partial charge is 0.417 e. The molecule has 0 spiro atoms. The highest BCUT2D eigenvalue weighted by Crippen LogP contribution is 2.25. The van der Waals surface area contributed by atoms with E-state index >= 15 is 0 Å². The van der Waals surface area contributed by atoms with Crippen LogP contribution in [0.25, 0.3) is 0 Å². The van der Waals surface area contributed by atoms with Crippen molar-refractivity contribution < 1.29 is 18.3 Å². The fourth-order valence-corrected chi connectivity index (χ4v) is 1.76. The third-order valence-corrected chi connectivity index (χ3v) is 2.85. The zero-order valence-corrected chi connectivity index (χ0v) is 11.3. The second-order valence-electron chi connectivity index (χ2n) is 3.72. The van der Waals surface area contributed by atoms with Crippen molar-refractivity contribution in [3.05, 3.63) is 58.1 Å². The molecule has 2 aromatic carbocycles. The summed E-state index contributed by atoms with van der Waals surface area (Å²) in [5.74, 6) is -1.15. The number of amides is 1. The van der Waals surface area contributed by atoms with Crippen LogP contribution >= 0.6 is 23.2 Å². The van der Waals surface area contributed by atoms with Crippen LogP contribution in [0.3, 0.4) is 0 Å². The van der Waals surface area contributed by atoms with Gasteiger partial charge in [-0.2, -0.15) is 0 Å². The van der Waals surface area contributed by atoms with Crippen LogP contribution in [0, 0.1) is 11.6 Å². The van der Waals surface area contributed by atoms with Crippen molar-refractivity contribution in [2.24, 2.45) is 0 Å². The molecule has 0 aliphatic carbocycles. The number of carbonyl (C=O) groups is 1. The van der Waals surface area contributed by atoms with Crippen molar-refractivity contribution >= 4 is 35.0 Å². The van der Waals surface area contributed by atoms with Crippen molar-refractivity contribution in [2.45, 2.75) is 0 Å². The maximum Gasteiger partial charge on any atom is 0.417 e. The highest BCUT2D eigenvalue weighted by molar-refractivity contribution is 6.32. The first-order valence-corrected chi connectivity index (χ1v) is 6.10. The van der Waals surface area contributed by atoms with Gasteiger partial charge in [0.1, 0.15) is 11.6 Å². The Morgan fingerprint density at radius 3 is 2.45 bits per heavy atom. The smallest absolute Gasteiger partial charge is 0.408 e. The van der Waals surface area contributed by atoms with Gasteiger partial charge >= 0.3 is 6.09 Å². The van der Waals surface area contributed by atoms with Crippen LogP contribution in [0.15, 0.2) is 36.4 Å². The summed E-state index contributed by atoms with van der Waals surface area (Å²) in [5.41, 5.74) is 0.250. The molecule has 0 atom stereocenters. The molecule has 0 unspecified atom stereocenters.